The molecule has 2 aromatic carbocycles. The molecule has 6 aliphatic rings. The van der Waals surface area contributed by atoms with E-state index in [2.05, 4.69) is 29.9 Å². The Labute approximate surface area is 460 Å². The fourth-order valence-electron chi connectivity index (χ4n) is 9.98. The lowest BCUT2D eigenvalue weighted by Gasteiger charge is -2.30. The molecule has 0 unspecified atom stereocenters. The predicted molar refractivity (Wildman–Crippen MR) is 268 cm³/mol. The highest BCUT2D eigenvalue weighted by atomic mass is 35.5. The number of ether oxygens (including phenoxy) is 8. The van der Waals surface area contributed by atoms with Crippen molar-refractivity contribution in [3.63, 3.8) is 0 Å². The lowest BCUT2D eigenvalue weighted by atomic mass is 9.96. The van der Waals surface area contributed by atoms with E-state index in [1.807, 2.05) is 0 Å². The molecule has 0 amide bonds. The summed E-state index contributed by atoms with van der Waals surface area (Å²) in [7, 11) is -8.24. The molecule has 28 nitrogen and oxygen atoms in total. The van der Waals surface area contributed by atoms with Crippen LogP contribution in [-0.4, -0.2) is 127 Å². The number of anilines is 2. The first-order valence-corrected chi connectivity index (χ1v) is 28.3. The first-order chi connectivity index (χ1) is 38.2. The van der Waals surface area contributed by atoms with Crippen LogP contribution < -0.4 is 20.9 Å². The number of nitrogen functional groups attached to an aromatic ring is 2. The molecular weight excluding hydrogens is 1150 g/mol. The highest BCUT2D eigenvalue weighted by Crippen LogP contribution is 2.60. The van der Waals surface area contributed by atoms with Gasteiger partial charge in [0.2, 0.25) is 23.7 Å². The zero-order valence-electron chi connectivity index (χ0n) is 42.4. The Bertz CT molecular complexity index is 3280. The number of nitrogens with two attached hydrogens (primary N) is 2. The molecule has 80 heavy (non-hydrogen) atoms. The minimum absolute atomic E-state index is 0.0351. The SMILES string of the molecule is CCOc1nc(N)nc2c1ncn2[C@@H]1O[C@H](CO[P@@]2(=O)OCC[C@@H](c3ccc(F)cc3Cl)O2)[C@H]2OC(=O)O[C@]21C.CCOc1nc(N)nc2c1ncn2[C@@H]1O[C@H](CO[P@]2(=O)OCC[C@H](c3ccc(F)cc3Cl)O2)[C@H]2OC(=O)O[C@]21C. The number of carbonyl (C=O) groups is 2. The second-order valence-electron chi connectivity index (χ2n) is 18.7. The van der Waals surface area contributed by atoms with Crippen molar-refractivity contribution in [2.24, 2.45) is 0 Å². The summed E-state index contributed by atoms with van der Waals surface area (Å²) >= 11 is 12.3. The zero-order chi connectivity index (χ0) is 56.5. The van der Waals surface area contributed by atoms with Crippen LogP contribution in [0.2, 0.25) is 10.0 Å². The number of imidazole rings is 2. The number of nitrogens with zero attached hydrogens (tertiary/aromatic N) is 8. The lowest BCUT2D eigenvalue weighted by molar-refractivity contribution is -0.0927. The van der Waals surface area contributed by atoms with Gasteiger partial charge in [0, 0.05) is 34.0 Å². The number of hydrogen-bond acceptors (Lipinski definition) is 26. The molecule has 6 fully saturated rings. The van der Waals surface area contributed by atoms with Crippen LogP contribution in [0.25, 0.3) is 22.3 Å². The summed E-state index contributed by atoms with van der Waals surface area (Å²) in [6, 6.07) is 7.63. The van der Waals surface area contributed by atoms with E-state index in [0.717, 1.165) is 12.1 Å². The van der Waals surface area contributed by atoms with E-state index >= 15 is 0 Å². The van der Waals surface area contributed by atoms with Gasteiger partial charge in [0.05, 0.1) is 64.5 Å². The molecule has 12 rings (SSSR count). The van der Waals surface area contributed by atoms with Gasteiger partial charge in [-0.1, -0.05) is 35.3 Å². The highest BCUT2D eigenvalue weighted by molar-refractivity contribution is 7.48. The third kappa shape index (κ3) is 10.4. The summed E-state index contributed by atoms with van der Waals surface area (Å²) in [6.07, 6.45) is -5.71. The predicted octanol–water partition coefficient (Wildman–Crippen LogP) is 8.19. The van der Waals surface area contributed by atoms with Crippen molar-refractivity contribution in [3.05, 3.63) is 81.9 Å². The van der Waals surface area contributed by atoms with Gasteiger partial charge in [-0.25, -0.2) is 37.5 Å². The minimum atomic E-state index is -4.12. The van der Waals surface area contributed by atoms with Crippen molar-refractivity contribution in [2.45, 2.75) is 101 Å². The number of phosphoric acid groups is 2. The molecule has 6 aromatic rings. The molecule has 12 atom stereocenters. The van der Waals surface area contributed by atoms with Crippen LogP contribution in [-0.2, 0) is 64.7 Å². The van der Waals surface area contributed by atoms with Crippen molar-refractivity contribution in [1.82, 2.24) is 39.0 Å². The Morgan fingerprint density at radius 3 is 1.48 bits per heavy atom. The molecule has 6 aliphatic heterocycles. The molecule has 6 saturated heterocycles. The van der Waals surface area contributed by atoms with Gasteiger partial charge in [0.25, 0.3) is 0 Å². The number of rotatable bonds is 14. The molecule has 34 heteroatoms. The summed E-state index contributed by atoms with van der Waals surface area (Å²) in [5.41, 5.74) is 11.2. The fraction of sp³-hybridized carbons (Fsp3) is 0.478. The van der Waals surface area contributed by atoms with Gasteiger partial charge in [-0.2, -0.15) is 19.9 Å². The van der Waals surface area contributed by atoms with Crippen LogP contribution >= 0.6 is 38.8 Å². The van der Waals surface area contributed by atoms with Crippen LogP contribution in [0.1, 0.15) is 76.3 Å². The van der Waals surface area contributed by atoms with Gasteiger partial charge in [0.1, 0.15) is 23.8 Å². The molecule has 4 N–H and O–H groups in total. The summed E-state index contributed by atoms with van der Waals surface area (Å²) in [4.78, 5) is 49.8. The number of carbonyl (C=O) groups excluding carboxylic acids is 2. The number of hydrogen-bond donors (Lipinski definition) is 2. The van der Waals surface area contributed by atoms with E-state index in [4.69, 9.17) is 99.7 Å². The topological polar surface area (TPSA) is 337 Å². The number of phosphoric ester groups is 2. The van der Waals surface area contributed by atoms with E-state index in [1.165, 1.54) is 46.1 Å². The first-order valence-electron chi connectivity index (χ1n) is 24.6. The molecule has 0 bridgehead atoms. The molecular formula is C46H48Cl2F2N10O18P2. The van der Waals surface area contributed by atoms with Crippen molar-refractivity contribution < 1.29 is 92.5 Å². The molecule has 4 aromatic heterocycles. The van der Waals surface area contributed by atoms with Gasteiger partial charge in [0.15, 0.2) is 58.2 Å². The maximum Gasteiger partial charge on any atom is 0.509 e. The molecule has 0 saturated carbocycles. The third-order valence-electron chi connectivity index (χ3n) is 13.5. The Morgan fingerprint density at radius 1 is 0.675 bits per heavy atom. The van der Waals surface area contributed by atoms with Crippen molar-refractivity contribution in [3.8, 4) is 11.8 Å². The van der Waals surface area contributed by atoms with Gasteiger partial charge in [-0.3, -0.25) is 36.3 Å². The van der Waals surface area contributed by atoms with Crippen LogP contribution in [0, 0.1) is 11.6 Å². The van der Waals surface area contributed by atoms with Crippen molar-refractivity contribution in [1.29, 1.82) is 0 Å². The van der Waals surface area contributed by atoms with Crippen LogP contribution in [0.5, 0.6) is 11.8 Å². The largest absolute Gasteiger partial charge is 0.509 e. The second kappa shape index (κ2) is 21.6. The van der Waals surface area contributed by atoms with E-state index in [9.17, 15) is 27.5 Å². The smallest absolute Gasteiger partial charge is 0.476 e. The van der Waals surface area contributed by atoms with Gasteiger partial charge < -0.3 is 49.4 Å². The standard InChI is InChI=1S/2C23H24ClFN5O9P/c2*1-3-33-19-16-18(28-21(26)29-19)30(10-27-16)20-23(2)17(37-22(31)38-23)15(36-20)9-35-40(32)34-7-6-14(39-40)12-5-4-11(25)8-13(12)24/h2*4-5,8,10,14-15,17,20H,3,6-7,9H2,1-2H3,(H2,26,28,29)/t14-,15+,17+,20+,23+,40+;14-,15-,17-,20-,23-,40+/m01/s1. The number of aromatic nitrogens is 8. The first kappa shape index (κ1) is 55.8. The highest BCUT2D eigenvalue weighted by Gasteiger charge is 2.66. The number of fused-ring (bicyclic) bond motifs is 4. The quantitative estimate of drug-likeness (QED) is 0.0766. The average molecular weight is 1200 g/mol. The molecule has 428 valence electrons. The Kier molecular flexibility index (Phi) is 15.1. The zero-order valence-corrected chi connectivity index (χ0v) is 45.7. The number of halogens is 4. The summed E-state index contributed by atoms with van der Waals surface area (Å²) in [5.74, 6) is -0.779. The second-order valence-corrected chi connectivity index (χ2v) is 22.8. The van der Waals surface area contributed by atoms with E-state index in [0.29, 0.717) is 48.2 Å². The minimum Gasteiger partial charge on any atom is -0.476 e. The molecule has 0 aliphatic carbocycles. The third-order valence-corrected chi connectivity index (χ3v) is 17.1. The van der Waals surface area contributed by atoms with E-state index in [-0.39, 0.29) is 71.4 Å². The average Bonchev–Trinajstić information content (AvgIpc) is 4.24. The Balaban J connectivity index is 0.000000169. The molecule has 0 radical (unpaired) electrons. The molecule has 10 heterocycles. The maximum atomic E-state index is 13.5. The van der Waals surface area contributed by atoms with Crippen molar-refractivity contribution in [2.75, 3.05) is 51.1 Å². The van der Waals surface area contributed by atoms with E-state index < -0.39 is 99.9 Å². The Morgan fingerprint density at radius 2 is 1.09 bits per heavy atom. The normalized spacial score (nSPS) is 31.6. The lowest BCUT2D eigenvalue weighted by Crippen LogP contribution is -2.42. The van der Waals surface area contributed by atoms with Gasteiger partial charge >= 0.3 is 28.0 Å². The van der Waals surface area contributed by atoms with Gasteiger partial charge in [-0.05, 0) is 52.0 Å². The maximum absolute atomic E-state index is 13.5. The molecule has 0 spiro atoms. The fourth-order valence-corrected chi connectivity index (χ4v) is 13.3. The van der Waals surface area contributed by atoms with Gasteiger partial charge in [-0.15, -0.1) is 0 Å². The summed E-state index contributed by atoms with van der Waals surface area (Å²) in [6.45, 7) is 6.81. The summed E-state index contributed by atoms with van der Waals surface area (Å²) < 4.78 is 135. The van der Waals surface area contributed by atoms with Crippen molar-refractivity contribution >= 4 is 85.4 Å². The Hall–Kier alpha value is -6.14. The van der Waals surface area contributed by atoms with Crippen LogP contribution in [0.3, 0.4) is 0 Å². The van der Waals surface area contributed by atoms with Crippen LogP contribution in [0.4, 0.5) is 30.3 Å². The monoisotopic (exact) mass is 1200 g/mol. The van der Waals surface area contributed by atoms with Crippen LogP contribution in [0.15, 0.2) is 49.1 Å². The summed E-state index contributed by atoms with van der Waals surface area (Å²) in [5, 5.41) is 0.242. The van der Waals surface area contributed by atoms with E-state index in [1.54, 1.807) is 27.7 Å². The number of benzene rings is 2.